The van der Waals surface area contributed by atoms with E-state index >= 15 is 0 Å². The Kier molecular flexibility index (Phi) is 52.2. The van der Waals surface area contributed by atoms with E-state index < -0.39 is 0 Å². The number of hydrogen-bond acceptors (Lipinski definition) is 8. The molecule has 4 aromatic rings. The summed E-state index contributed by atoms with van der Waals surface area (Å²) in [6.07, 6.45) is 17.1. The van der Waals surface area contributed by atoms with Gasteiger partial charge in [0.1, 0.15) is 0 Å². The maximum Gasteiger partial charge on any atom is 2.00 e. The molecular formula is C78H125N4O7Sr2+. The zero-order valence-electron chi connectivity index (χ0n) is 61.0. The van der Waals surface area contributed by atoms with Crippen LogP contribution in [0.3, 0.4) is 0 Å². The first kappa shape index (κ1) is 91.0. The van der Waals surface area contributed by atoms with E-state index in [0.717, 1.165) is 106 Å². The van der Waals surface area contributed by atoms with Gasteiger partial charge in [0.2, 0.25) is 5.69 Å². The van der Waals surface area contributed by atoms with Crippen LogP contribution in [0.5, 0.6) is 0 Å². The first-order valence-electron chi connectivity index (χ1n) is 33.9. The topological polar surface area (TPSA) is 161 Å². The fraction of sp³-hybridized carbons (Fsp3) is 0.615. The predicted octanol–water partition coefficient (Wildman–Crippen LogP) is 20.7. The van der Waals surface area contributed by atoms with E-state index in [1.54, 1.807) is 0 Å². The second-order valence-corrected chi connectivity index (χ2v) is 26.4. The second-order valence-electron chi connectivity index (χ2n) is 26.4. The molecule has 11 nitrogen and oxygen atoms in total. The van der Waals surface area contributed by atoms with Crippen molar-refractivity contribution in [2.24, 2.45) is 4.99 Å². The van der Waals surface area contributed by atoms with Gasteiger partial charge in [-0.15, -0.1) is 11.4 Å². The van der Waals surface area contributed by atoms with Crippen molar-refractivity contribution in [3.05, 3.63) is 151 Å². The van der Waals surface area contributed by atoms with Crippen molar-refractivity contribution < 1.29 is 39.6 Å². The van der Waals surface area contributed by atoms with Crippen molar-refractivity contribution in [1.82, 2.24) is 0 Å². The van der Waals surface area contributed by atoms with Crippen molar-refractivity contribution in [1.29, 1.82) is 0 Å². The molecule has 0 bridgehead atoms. The molecule has 13 heteroatoms. The molecule has 5 saturated heterocycles. The zero-order chi connectivity index (χ0) is 64.3. The summed E-state index contributed by atoms with van der Waals surface area (Å²) >= 11 is 0. The minimum absolute atomic E-state index is 0. The van der Waals surface area contributed by atoms with E-state index in [2.05, 4.69) is 228 Å². The van der Waals surface area contributed by atoms with E-state index in [1.165, 1.54) is 114 Å². The zero-order valence-corrected chi connectivity index (χ0v) is 68.0. The predicted molar refractivity (Wildman–Crippen MR) is 392 cm³/mol. The van der Waals surface area contributed by atoms with Gasteiger partial charge in [0, 0.05) is 89.8 Å². The van der Waals surface area contributed by atoms with E-state index in [0.29, 0.717) is 47.3 Å². The molecule has 0 radical (unpaired) electrons. The molecule has 5 aliphatic rings. The van der Waals surface area contributed by atoms with Crippen LogP contribution in [0.4, 0.5) is 22.7 Å². The number of rotatable bonds is 16. The van der Waals surface area contributed by atoms with E-state index in [4.69, 9.17) is 39.3 Å². The number of aliphatic imine (C=N–C) groups is 1. The third-order valence-corrected chi connectivity index (χ3v) is 15.6. The molecule has 4 aromatic carbocycles. The van der Waals surface area contributed by atoms with Crippen LogP contribution in [0.2, 0.25) is 0 Å². The standard InChI is InChI=1S/2C29H41N2.5C4H8O.2H2O.2Sr/c2*1-18(2)24-13-11-14-25(19(3)4)28(24)30-22(9)17-23(10)31-29-26(20(5)6)15-12-16-27(29)21(7)8;5*1-2-4-5-3-1;;;;/h2*11-21H,1-10H3;5*1-4H2;2*1H2;;/q2*-1;;;;;;;;2*+2/p-1/b2*22-17-,31-23?;;;;;;;;;. The van der Waals surface area contributed by atoms with E-state index in [-0.39, 0.29) is 102 Å². The molecule has 0 saturated carbocycles. The van der Waals surface area contributed by atoms with Crippen molar-refractivity contribution in [3.8, 4) is 0 Å². The monoisotopic (exact) mass is 1410 g/mol. The molecule has 91 heavy (non-hydrogen) atoms. The summed E-state index contributed by atoms with van der Waals surface area (Å²) < 4.78 is 24.7. The Bertz CT molecular complexity index is 2320. The van der Waals surface area contributed by atoms with Crippen LogP contribution in [0, 0.1) is 0 Å². The summed E-state index contributed by atoms with van der Waals surface area (Å²) in [5.74, 6) is 3.57. The van der Waals surface area contributed by atoms with Crippen molar-refractivity contribution in [2.45, 2.75) is 250 Å². The Labute approximate surface area is 630 Å². The van der Waals surface area contributed by atoms with Crippen LogP contribution in [-0.4, -0.2) is 179 Å². The number of ether oxygens (including phenoxy) is 5. The van der Waals surface area contributed by atoms with Gasteiger partial charge in [0.15, 0.2) is 5.71 Å². The Morgan fingerprint density at radius 2 is 0.571 bits per heavy atom. The van der Waals surface area contributed by atoms with Gasteiger partial charge in [-0.05, 0) is 136 Å². The average Bonchev–Trinajstić information content (AvgIpc) is 2.08. The summed E-state index contributed by atoms with van der Waals surface area (Å²) in [5.41, 5.74) is 19.3. The van der Waals surface area contributed by atoms with Crippen molar-refractivity contribution in [2.75, 3.05) is 66.1 Å². The molecule has 3 N–H and O–H groups in total. The first-order chi connectivity index (χ1) is 41.5. The van der Waals surface area contributed by atoms with Gasteiger partial charge in [0.05, 0.1) is 5.69 Å². The van der Waals surface area contributed by atoms with E-state index in [9.17, 15) is 0 Å². The van der Waals surface area contributed by atoms with Gasteiger partial charge in [-0.25, -0.2) is 4.99 Å². The molecule has 0 unspecified atom stereocenters. The smallest absolute Gasteiger partial charge is 0.870 e. The number of allylic oxidation sites excluding steroid dienone is 4. The van der Waals surface area contributed by atoms with Crippen molar-refractivity contribution >= 4 is 125 Å². The third-order valence-electron chi connectivity index (χ3n) is 15.6. The van der Waals surface area contributed by atoms with Crippen LogP contribution in [0.25, 0.3) is 10.6 Å². The third kappa shape index (κ3) is 35.7. The fourth-order valence-electron chi connectivity index (χ4n) is 10.6. The largest absolute Gasteiger partial charge is 2.00 e. The van der Waals surface area contributed by atoms with Gasteiger partial charge < -0.3 is 45.3 Å². The number of benzene rings is 4. The summed E-state index contributed by atoms with van der Waals surface area (Å²) in [5, 5.41) is 10.2. The van der Waals surface area contributed by atoms with Gasteiger partial charge in [0.25, 0.3) is 0 Å². The minimum atomic E-state index is 0. The first-order valence-corrected chi connectivity index (χ1v) is 33.9. The summed E-state index contributed by atoms with van der Waals surface area (Å²) in [6, 6.07) is 26.4. The molecule has 0 atom stereocenters. The Balaban J connectivity index is 0. The molecule has 0 aromatic heterocycles. The summed E-state index contributed by atoms with van der Waals surface area (Å²) in [7, 11) is 0. The van der Waals surface area contributed by atoms with Crippen molar-refractivity contribution in [3.63, 3.8) is 0 Å². The number of para-hydroxylation sites is 4. The van der Waals surface area contributed by atoms with Gasteiger partial charge in [-0.2, -0.15) is 11.4 Å². The van der Waals surface area contributed by atoms with Gasteiger partial charge in [-0.1, -0.05) is 226 Å². The van der Waals surface area contributed by atoms with Crippen LogP contribution < -0.4 is 4.99 Å². The fourth-order valence-corrected chi connectivity index (χ4v) is 10.6. The molecule has 0 amide bonds. The maximum atomic E-state index is 5.10. The number of hydrogen-bond donors (Lipinski definition) is 1. The Morgan fingerprint density at radius 3 is 0.791 bits per heavy atom. The van der Waals surface area contributed by atoms with Crippen LogP contribution in [0.1, 0.15) is 295 Å². The quantitative estimate of drug-likeness (QED) is 0.0863. The number of nitrogens with one attached hydrogen (secondary N) is 1. The SMILES string of the molecule is C1CCOC1.C1CCOC1.C1CCOC1.C1CCOC1.C1CCOC1.CC(/C=C(/C)[N-]c1c(C(C)C)cccc1C(C)C)=Nc1c(C(C)C)cccc1C(C)C.CC(/C=C(/C)[N-]c1c(C(C)C)cccc1C(C)C)=[NH+]c1c(C(C)C)cccc1C(C)C.[OH-].[OH-].[Sr+2].[Sr+2]. The molecule has 502 valence electrons. The van der Waals surface area contributed by atoms with Crippen LogP contribution in [-0.2, 0) is 23.7 Å². The maximum absolute atomic E-state index is 5.10. The van der Waals surface area contributed by atoms with E-state index in [1.807, 2.05) is 0 Å². The average molecular weight is 1410 g/mol. The Morgan fingerprint density at radius 1 is 0.352 bits per heavy atom. The van der Waals surface area contributed by atoms with Crippen LogP contribution >= 0.6 is 0 Å². The number of nitrogens with zero attached hydrogens (tertiary/aromatic N) is 3. The molecule has 5 heterocycles. The molecule has 0 spiro atoms. The second kappa shape index (κ2) is 52.1. The molecule has 5 fully saturated rings. The molecule has 0 aliphatic carbocycles. The Hall–Kier alpha value is -2.02. The van der Waals surface area contributed by atoms with Crippen LogP contribution in [0.15, 0.2) is 101 Å². The van der Waals surface area contributed by atoms with Gasteiger partial charge in [-0.3, -0.25) is 4.99 Å². The van der Waals surface area contributed by atoms with Gasteiger partial charge >= 0.3 is 91.0 Å². The minimum Gasteiger partial charge on any atom is -0.870 e. The normalized spacial score (nSPS) is 15.5. The molecule has 9 rings (SSSR count). The summed E-state index contributed by atoms with van der Waals surface area (Å²) in [4.78, 5) is 8.79. The molecule has 5 aliphatic heterocycles. The molecular weight excluding hydrogens is 1280 g/mol. The summed E-state index contributed by atoms with van der Waals surface area (Å²) in [6.45, 7) is 54.3.